The van der Waals surface area contributed by atoms with Crippen LogP contribution in [0, 0.1) is 0 Å². The van der Waals surface area contributed by atoms with Crippen LogP contribution in [0.4, 0.5) is 0 Å². The molecule has 0 radical (unpaired) electrons. The number of hydrogen-bond donors (Lipinski definition) is 1. The summed E-state index contributed by atoms with van der Waals surface area (Å²) in [7, 11) is 2.69. The van der Waals surface area contributed by atoms with Gasteiger partial charge in [0.15, 0.2) is 0 Å². The Morgan fingerprint density at radius 2 is 1.75 bits per heavy atom. The van der Waals surface area contributed by atoms with Crippen LogP contribution in [0.1, 0.15) is 26.7 Å². The van der Waals surface area contributed by atoms with Crippen LogP contribution in [0.25, 0.3) is 0 Å². The molecule has 0 spiro atoms. The van der Waals surface area contributed by atoms with Crippen molar-refractivity contribution >= 4 is 9.24 Å². The highest BCUT2D eigenvalue weighted by atomic mass is 31.0. The third-order valence-electron chi connectivity index (χ3n) is 1.72. The minimum atomic E-state index is 0.0972. The predicted octanol–water partition coefficient (Wildman–Crippen LogP) is 1.41. The molecule has 0 aliphatic carbocycles. The SMILES string of the molecule is CCC(P)(CC)CO. The Morgan fingerprint density at radius 1 is 1.38 bits per heavy atom. The first-order chi connectivity index (χ1) is 3.68. The molecular weight excluding hydrogens is 119 g/mol. The van der Waals surface area contributed by atoms with Crippen molar-refractivity contribution in [1.82, 2.24) is 0 Å². The summed E-state index contributed by atoms with van der Waals surface area (Å²) in [6.07, 6.45) is 2.06. The van der Waals surface area contributed by atoms with E-state index in [4.69, 9.17) is 5.11 Å². The maximum absolute atomic E-state index is 8.76. The molecule has 0 saturated carbocycles. The van der Waals surface area contributed by atoms with Crippen LogP contribution in [0.5, 0.6) is 0 Å². The molecule has 8 heavy (non-hydrogen) atoms. The van der Waals surface area contributed by atoms with Gasteiger partial charge in [-0.25, -0.2) is 0 Å². The van der Waals surface area contributed by atoms with E-state index in [0.29, 0.717) is 0 Å². The molecule has 0 amide bonds. The molecule has 0 aromatic rings. The van der Waals surface area contributed by atoms with Crippen LogP contribution < -0.4 is 0 Å². The van der Waals surface area contributed by atoms with Gasteiger partial charge >= 0.3 is 0 Å². The van der Waals surface area contributed by atoms with Crippen LogP contribution in [0.15, 0.2) is 0 Å². The molecule has 1 nitrogen and oxygen atoms in total. The van der Waals surface area contributed by atoms with Gasteiger partial charge in [0, 0.05) is 5.16 Å². The second-order valence-electron chi connectivity index (χ2n) is 2.23. The van der Waals surface area contributed by atoms with Gasteiger partial charge in [0.05, 0.1) is 6.61 Å². The van der Waals surface area contributed by atoms with E-state index >= 15 is 0 Å². The Kier molecular flexibility index (Phi) is 3.59. The molecule has 0 saturated heterocycles. The second-order valence-corrected chi connectivity index (χ2v) is 3.45. The van der Waals surface area contributed by atoms with E-state index in [9.17, 15) is 0 Å². The van der Waals surface area contributed by atoms with Gasteiger partial charge in [-0.05, 0) is 12.8 Å². The number of aliphatic hydroxyl groups excluding tert-OH is 1. The van der Waals surface area contributed by atoms with E-state index in [2.05, 4.69) is 23.1 Å². The van der Waals surface area contributed by atoms with Gasteiger partial charge in [-0.1, -0.05) is 13.8 Å². The zero-order valence-corrected chi connectivity index (χ0v) is 6.80. The lowest BCUT2D eigenvalue weighted by atomic mass is 10.0. The van der Waals surface area contributed by atoms with E-state index < -0.39 is 0 Å². The maximum atomic E-state index is 8.76. The maximum Gasteiger partial charge on any atom is 0.0521 e. The molecular formula is C6H15OP. The summed E-state index contributed by atoms with van der Waals surface area (Å²) < 4.78 is 0. The lowest BCUT2D eigenvalue weighted by molar-refractivity contribution is 0.240. The van der Waals surface area contributed by atoms with Gasteiger partial charge in [0.1, 0.15) is 0 Å². The average molecular weight is 134 g/mol. The summed E-state index contributed by atoms with van der Waals surface area (Å²) >= 11 is 0. The summed E-state index contributed by atoms with van der Waals surface area (Å²) in [4.78, 5) is 0. The van der Waals surface area contributed by atoms with Gasteiger partial charge in [0.2, 0.25) is 0 Å². The fraction of sp³-hybridized carbons (Fsp3) is 1.00. The van der Waals surface area contributed by atoms with Crippen LogP contribution in [0.3, 0.4) is 0 Å². The Labute approximate surface area is 53.7 Å². The van der Waals surface area contributed by atoms with E-state index in [1.807, 2.05) is 0 Å². The van der Waals surface area contributed by atoms with Crippen molar-refractivity contribution in [2.75, 3.05) is 6.61 Å². The molecule has 0 aliphatic rings. The first-order valence-corrected chi connectivity index (χ1v) is 3.66. The molecule has 50 valence electrons. The molecule has 0 rings (SSSR count). The lowest BCUT2D eigenvalue weighted by Crippen LogP contribution is -2.22. The topological polar surface area (TPSA) is 20.2 Å². The van der Waals surface area contributed by atoms with Gasteiger partial charge in [0.25, 0.3) is 0 Å². The summed E-state index contributed by atoms with van der Waals surface area (Å²) in [6.45, 7) is 4.46. The normalized spacial score (nSPS) is 12.0. The first kappa shape index (κ1) is 8.39. The highest BCUT2D eigenvalue weighted by Crippen LogP contribution is 2.24. The third kappa shape index (κ3) is 2.11. The molecule has 0 bridgehead atoms. The quantitative estimate of drug-likeness (QED) is 0.578. The fourth-order valence-electron chi connectivity index (χ4n) is 0.474. The number of aliphatic hydroxyl groups is 1. The van der Waals surface area contributed by atoms with Gasteiger partial charge < -0.3 is 5.11 Å². The monoisotopic (exact) mass is 134 g/mol. The Hall–Kier alpha value is 0.390. The zero-order valence-electron chi connectivity index (χ0n) is 5.65. The van der Waals surface area contributed by atoms with Crippen LogP contribution in [-0.2, 0) is 0 Å². The smallest absolute Gasteiger partial charge is 0.0521 e. The highest BCUT2D eigenvalue weighted by Gasteiger charge is 2.17. The van der Waals surface area contributed by atoms with Crippen LogP contribution >= 0.6 is 9.24 Å². The Morgan fingerprint density at radius 3 is 1.75 bits per heavy atom. The van der Waals surface area contributed by atoms with E-state index in [0.717, 1.165) is 12.8 Å². The number of hydrogen-bond acceptors (Lipinski definition) is 1. The Balaban J connectivity index is 3.58. The van der Waals surface area contributed by atoms with Crippen molar-refractivity contribution in [2.24, 2.45) is 0 Å². The van der Waals surface area contributed by atoms with E-state index in [1.54, 1.807) is 0 Å². The molecule has 1 N–H and O–H groups in total. The second kappa shape index (κ2) is 3.42. The van der Waals surface area contributed by atoms with Crippen molar-refractivity contribution in [2.45, 2.75) is 31.8 Å². The van der Waals surface area contributed by atoms with Crippen molar-refractivity contribution in [3.8, 4) is 0 Å². The minimum absolute atomic E-state index is 0.0972. The molecule has 2 heteroatoms. The number of rotatable bonds is 3. The molecule has 0 aromatic carbocycles. The molecule has 0 aromatic heterocycles. The third-order valence-corrected chi connectivity index (χ3v) is 2.72. The summed E-state index contributed by atoms with van der Waals surface area (Å²) in [5, 5.41) is 8.86. The molecule has 1 atom stereocenters. The Bertz CT molecular complexity index is 51.3. The molecule has 0 heterocycles. The predicted molar refractivity (Wildman–Crippen MR) is 40.1 cm³/mol. The molecule has 0 fully saturated rings. The van der Waals surface area contributed by atoms with Crippen LogP contribution in [-0.4, -0.2) is 16.9 Å². The van der Waals surface area contributed by atoms with Gasteiger partial charge in [-0.2, -0.15) is 0 Å². The van der Waals surface area contributed by atoms with E-state index in [-0.39, 0.29) is 11.8 Å². The summed E-state index contributed by atoms with van der Waals surface area (Å²) in [5.41, 5.74) is 0. The van der Waals surface area contributed by atoms with Crippen LogP contribution in [0.2, 0.25) is 0 Å². The first-order valence-electron chi connectivity index (χ1n) is 3.08. The highest BCUT2D eigenvalue weighted by molar-refractivity contribution is 7.19. The van der Waals surface area contributed by atoms with E-state index in [1.165, 1.54) is 0 Å². The largest absolute Gasteiger partial charge is 0.395 e. The standard InChI is InChI=1S/C6H15OP/c1-3-6(8,4-2)5-7/h7H,3-5,8H2,1-2H3. The molecule has 1 unspecified atom stereocenters. The van der Waals surface area contributed by atoms with Crippen molar-refractivity contribution in [3.05, 3.63) is 0 Å². The fourth-order valence-corrected chi connectivity index (χ4v) is 0.474. The van der Waals surface area contributed by atoms with Crippen molar-refractivity contribution in [3.63, 3.8) is 0 Å². The van der Waals surface area contributed by atoms with Gasteiger partial charge in [-0.15, -0.1) is 9.24 Å². The minimum Gasteiger partial charge on any atom is -0.395 e. The molecule has 0 aliphatic heterocycles. The van der Waals surface area contributed by atoms with Crippen molar-refractivity contribution < 1.29 is 5.11 Å². The summed E-state index contributed by atoms with van der Waals surface area (Å²) in [5.74, 6) is 0. The average Bonchev–Trinajstić information content (AvgIpc) is 1.87. The van der Waals surface area contributed by atoms with Gasteiger partial charge in [-0.3, -0.25) is 0 Å². The summed E-state index contributed by atoms with van der Waals surface area (Å²) in [6, 6.07) is 0. The lowest BCUT2D eigenvalue weighted by Gasteiger charge is -2.22. The van der Waals surface area contributed by atoms with Crippen molar-refractivity contribution in [1.29, 1.82) is 0 Å². The zero-order chi connectivity index (χ0) is 6.62.